The molecule has 0 bridgehead atoms. The third-order valence-corrected chi connectivity index (χ3v) is 2.95. The Bertz CT molecular complexity index is 668. The Morgan fingerprint density at radius 1 is 1.13 bits per heavy atom. The zero-order valence-electron chi connectivity index (χ0n) is 13.1. The molecule has 0 amide bonds. The maximum atomic E-state index is 12.0. The molecule has 0 aliphatic carbocycles. The summed E-state index contributed by atoms with van der Waals surface area (Å²) in [6, 6.07) is 6.23. The molecule has 0 heterocycles. The van der Waals surface area contributed by atoms with Gasteiger partial charge in [0.2, 0.25) is 0 Å². The topological polar surface area (TPSA) is 96.8 Å². The summed E-state index contributed by atoms with van der Waals surface area (Å²) in [5.41, 5.74) is 7.70. The lowest BCUT2D eigenvalue weighted by Gasteiger charge is -2.17. The second-order valence-electron chi connectivity index (χ2n) is 5.80. The highest BCUT2D eigenvalue weighted by molar-refractivity contribution is 6.62. The Kier molecular flexibility index (Phi) is 6.37. The van der Waals surface area contributed by atoms with Gasteiger partial charge in [0.25, 0.3) is 5.78 Å². The fraction of sp³-hybridized carbons (Fsp3) is 0.375. The molecule has 0 aliphatic heterocycles. The van der Waals surface area contributed by atoms with Crippen molar-refractivity contribution in [3.63, 3.8) is 0 Å². The van der Waals surface area contributed by atoms with Gasteiger partial charge in [0.1, 0.15) is 5.60 Å². The van der Waals surface area contributed by atoms with Gasteiger partial charge < -0.3 is 10.3 Å². The van der Waals surface area contributed by atoms with Crippen molar-refractivity contribution < 1.29 is 23.9 Å². The lowest BCUT2D eigenvalue weighted by atomic mass is 10.0. The van der Waals surface area contributed by atoms with Crippen LogP contribution in [0.5, 0.6) is 0 Å². The molecule has 0 radical (unpaired) electrons. The van der Waals surface area contributed by atoms with Crippen molar-refractivity contribution in [1.29, 1.82) is 0 Å². The van der Waals surface area contributed by atoms with E-state index in [-0.39, 0.29) is 18.6 Å². The number of nitrogens with zero attached hydrogens (tertiary/aromatic N) is 2. The number of ether oxygens (including phenoxy) is 1. The lowest BCUT2D eigenvalue weighted by molar-refractivity contribution is -0.152. The molecule has 0 fully saturated rings. The number of benzene rings is 1. The number of carbonyl (C=O) groups excluding carboxylic acids is 3. The van der Waals surface area contributed by atoms with E-state index >= 15 is 0 Å². The monoisotopic (exact) mass is 336 g/mol. The first kappa shape index (κ1) is 18.7. The molecular formula is C16H17ClN2O4. The first-order valence-corrected chi connectivity index (χ1v) is 7.29. The van der Waals surface area contributed by atoms with Crippen LogP contribution in [-0.4, -0.2) is 33.6 Å². The highest BCUT2D eigenvalue weighted by Gasteiger charge is 2.34. The van der Waals surface area contributed by atoms with E-state index in [0.29, 0.717) is 10.6 Å². The van der Waals surface area contributed by atoms with Crippen LogP contribution in [0.3, 0.4) is 0 Å². The van der Waals surface area contributed by atoms with Crippen molar-refractivity contribution in [2.75, 3.05) is 0 Å². The summed E-state index contributed by atoms with van der Waals surface area (Å²) < 4.78 is 4.97. The zero-order valence-corrected chi connectivity index (χ0v) is 13.9. The summed E-state index contributed by atoms with van der Waals surface area (Å²) in [5.74, 6) is -2.07. The summed E-state index contributed by atoms with van der Waals surface area (Å²) in [4.78, 5) is 38.3. The Hall–Kier alpha value is -2.30. The second kappa shape index (κ2) is 7.81. The van der Waals surface area contributed by atoms with Gasteiger partial charge in [-0.25, -0.2) is 4.79 Å². The smallest absolute Gasteiger partial charge is 0.441 e. The van der Waals surface area contributed by atoms with Crippen LogP contribution >= 0.6 is 11.6 Å². The number of hydrogen-bond acceptors (Lipinski definition) is 4. The summed E-state index contributed by atoms with van der Waals surface area (Å²) in [5, 5.41) is 0.497. The molecule has 0 aromatic heterocycles. The van der Waals surface area contributed by atoms with Gasteiger partial charge >= 0.3 is 11.7 Å². The van der Waals surface area contributed by atoms with Crippen LogP contribution in [0.4, 0.5) is 0 Å². The van der Waals surface area contributed by atoms with Crippen molar-refractivity contribution in [1.82, 2.24) is 0 Å². The van der Waals surface area contributed by atoms with Crippen LogP contribution in [0.2, 0.25) is 5.02 Å². The highest BCUT2D eigenvalue weighted by atomic mass is 35.5. The van der Waals surface area contributed by atoms with E-state index in [1.807, 2.05) is 0 Å². The SMILES string of the molecule is CC(C)(C)OC(=O)C(=[N+]=[N-])C(=O)CCC(=O)c1ccc(Cl)cc1. The summed E-state index contributed by atoms with van der Waals surface area (Å²) in [6.07, 6.45) is -0.387. The van der Waals surface area contributed by atoms with Gasteiger partial charge in [0, 0.05) is 23.4 Å². The molecule has 6 nitrogen and oxygen atoms in total. The molecule has 0 saturated heterocycles. The molecule has 1 aromatic carbocycles. The number of Topliss-reactive ketones (excluding diaryl/α,β-unsaturated/α-hetero) is 2. The van der Waals surface area contributed by atoms with E-state index in [1.165, 1.54) is 0 Å². The van der Waals surface area contributed by atoms with E-state index in [4.69, 9.17) is 21.9 Å². The number of esters is 1. The van der Waals surface area contributed by atoms with Crippen molar-refractivity contribution in [3.05, 3.63) is 40.4 Å². The van der Waals surface area contributed by atoms with Crippen molar-refractivity contribution >= 4 is 34.8 Å². The Balaban J connectivity index is 2.67. The summed E-state index contributed by atoms with van der Waals surface area (Å²) >= 11 is 5.73. The van der Waals surface area contributed by atoms with Gasteiger partial charge in [-0.3, -0.25) is 9.59 Å². The van der Waals surface area contributed by atoms with Crippen molar-refractivity contribution in [3.8, 4) is 0 Å². The minimum atomic E-state index is -1.02. The normalized spacial score (nSPS) is 10.6. The fourth-order valence-electron chi connectivity index (χ4n) is 1.66. The largest absolute Gasteiger partial charge is 0.451 e. The van der Waals surface area contributed by atoms with Gasteiger partial charge in [0.05, 0.1) is 0 Å². The third-order valence-electron chi connectivity index (χ3n) is 2.70. The molecule has 0 unspecified atom stereocenters. The van der Waals surface area contributed by atoms with Crippen LogP contribution in [0.1, 0.15) is 44.0 Å². The molecule has 122 valence electrons. The molecule has 7 heteroatoms. The first-order valence-electron chi connectivity index (χ1n) is 6.91. The quantitative estimate of drug-likeness (QED) is 0.199. The highest BCUT2D eigenvalue weighted by Crippen LogP contribution is 2.12. The van der Waals surface area contributed by atoms with Crippen LogP contribution in [0.25, 0.3) is 5.53 Å². The molecule has 0 atom stereocenters. The van der Waals surface area contributed by atoms with Gasteiger partial charge in [0.15, 0.2) is 5.78 Å². The molecule has 23 heavy (non-hydrogen) atoms. The Morgan fingerprint density at radius 2 is 1.70 bits per heavy atom. The standard InChI is InChI=1S/C16H17ClN2O4/c1-16(2,3)23-15(22)14(19-18)13(21)9-8-12(20)10-4-6-11(17)7-5-10/h4-7H,8-9H2,1-3H3. The van der Waals surface area contributed by atoms with Crippen LogP contribution in [-0.2, 0) is 14.3 Å². The molecular weight excluding hydrogens is 320 g/mol. The van der Waals surface area contributed by atoms with E-state index in [1.54, 1.807) is 45.0 Å². The minimum Gasteiger partial charge on any atom is -0.451 e. The van der Waals surface area contributed by atoms with Gasteiger partial charge in [-0.05, 0) is 45.0 Å². The van der Waals surface area contributed by atoms with E-state index < -0.39 is 23.1 Å². The molecule has 1 rings (SSSR count). The molecule has 1 aromatic rings. The maximum Gasteiger partial charge on any atom is 0.441 e. The number of rotatable bonds is 6. The predicted molar refractivity (Wildman–Crippen MR) is 84.5 cm³/mol. The minimum absolute atomic E-state index is 0.123. The zero-order chi connectivity index (χ0) is 17.6. The maximum absolute atomic E-state index is 12.0. The van der Waals surface area contributed by atoms with Crippen LogP contribution < -0.4 is 0 Å². The van der Waals surface area contributed by atoms with Gasteiger partial charge in [-0.1, -0.05) is 11.6 Å². The predicted octanol–water partition coefficient (Wildman–Crippen LogP) is 2.88. The first-order chi connectivity index (χ1) is 10.6. The van der Waals surface area contributed by atoms with E-state index in [9.17, 15) is 14.4 Å². The Labute approximate surface area is 139 Å². The van der Waals surface area contributed by atoms with Gasteiger partial charge in [-0.15, -0.1) is 0 Å². The molecule has 0 spiro atoms. The average molecular weight is 337 g/mol. The summed E-state index contributed by atoms with van der Waals surface area (Å²) in [6.45, 7) is 4.86. The van der Waals surface area contributed by atoms with Crippen LogP contribution in [0.15, 0.2) is 24.3 Å². The number of ketones is 2. The number of halogens is 1. The summed E-state index contributed by atoms with van der Waals surface area (Å²) in [7, 11) is 0. The third kappa shape index (κ3) is 6.14. The fourth-order valence-corrected chi connectivity index (χ4v) is 1.79. The lowest BCUT2D eigenvalue weighted by Crippen LogP contribution is -2.34. The number of carbonyl (C=O) groups is 3. The van der Waals surface area contributed by atoms with Crippen molar-refractivity contribution in [2.24, 2.45) is 0 Å². The van der Waals surface area contributed by atoms with Crippen molar-refractivity contribution in [2.45, 2.75) is 39.2 Å². The van der Waals surface area contributed by atoms with Crippen LogP contribution in [0, 0.1) is 0 Å². The second-order valence-corrected chi connectivity index (χ2v) is 6.24. The molecule has 0 N–H and O–H groups in total. The average Bonchev–Trinajstić information content (AvgIpc) is 2.44. The molecule has 0 aliphatic rings. The Morgan fingerprint density at radius 3 is 2.17 bits per heavy atom. The van der Waals surface area contributed by atoms with E-state index in [0.717, 1.165) is 0 Å². The number of hydrogen-bond donors (Lipinski definition) is 0. The van der Waals surface area contributed by atoms with E-state index in [2.05, 4.69) is 4.79 Å². The molecule has 0 saturated carbocycles. The van der Waals surface area contributed by atoms with Gasteiger partial charge in [-0.2, -0.15) is 4.79 Å².